The van der Waals surface area contributed by atoms with E-state index in [-0.39, 0.29) is 30.2 Å². The van der Waals surface area contributed by atoms with Gasteiger partial charge in [0.15, 0.2) is 0 Å². The number of benzene rings is 2. The molecule has 0 aromatic heterocycles. The zero-order chi connectivity index (χ0) is 20.3. The zero-order valence-corrected chi connectivity index (χ0v) is 15.9. The second kappa shape index (κ2) is 8.27. The summed E-state index contributed by atoms with van der Waals surface area (Å²) >= 11 is 0. The number of aryl methyl sites for hydroxylation is 1. The molecule has 6 nitrogen and oxygen atoms in total. The highest BCUT2D eigenvalue weighted by molar-refractivity contribution is 6.46. The van der Waals surface area contributed by atoms with E-state index < -0.39 is 17.7 Å². The van der Waals surface area contributed by atoms with E-state index in [2.05, 4.69) is 0 Å². The third-order valence-corrected chi connectivity index (χ3v) is 4.92. The lowest BCUT2D eigenvalue weighted by molar-refractivity contribution is -0.140. The number of ether oxygens (including phenoxy) is 1. The molecule has 1 unspecified atom stereocenters. The number of Topliss-reactive ketones (excluding diaryl/α,β-unsaturated/α-hetero) is 1. The number of rotatable bonds is 6. The fourth-order valence-electron chi connectivity index (χ4n) is 3.36. The van der Waals surface area contributed by atoms with Crippen molar-refractivity contribution >= 4 is 17.4 Å². The predicted molar refractivity (Wildman–Crippen MR) is 105 cm³/mol. The fourth-order valence-corrected chi connectivity index (χ4v) is 3.36. The average molecular weight is 381 g/mol. The number of nitrogens with zero attached hydrogens (tertiary/aromatic N) is 1. The maximum absolute atomic E-state index is 12.8. The van der Waals surface area contributed by atoms with E-state index in [9.17, 15) is 19.8 Å². The van der Waals surface area contributed by atoms with Crippen molar-refractivity contribution in [3.05, 3.63) is 70.8 Å². The van der Waals surface area contributed by atoms with Crippen LogP contribution in [0.15, 0.2) is 54.1 Å². The molecule has 1 saturated heterocycles. The summed E-state index contributed by atoms with van der Waals surface area (Å²) in [6.07, 6.45) is 0.857. The Hall–Kier alpha value is -3.12. The first-order chi connectivity index (χ1) is 13.5. The van der Waals surface area contributed by atoms with Crippen molar-refractivity contribution in [1.29, 1.82) is 0 Å². The van der Waals surface area contributed by atoms with Crippen LogP contribution >= 0.6 is 0 Å². The lowest BCUT2D eigenvalue weighted by atomic mass is 9.95. The van der Waals surface area contributed by atoms with Gasteiger partial charge in [-0.1, -0.05) is 43.3 Å². The molecule has 2 aromatic carbocycles. The van der Waals surface area contributed by atoms with E-state index in [0.29, 0.717) is 11.1 Å². The van der Waals surface area contributed by atoms with Gasteiger partial charge in [-0.3, -0.25) is 9.59 Å². The van der Waals surface area contributed by atoms with Gasteiger partial charge in [0, 0.05) is 19.2 Å². The topological polar surface area (TPSA) is 87.1 Å². The lowest BCUT2D eigenvalue weighted by Crippen LogP contribution is -2.32. The zero-order valence-electron chi connectivity index (χ0n) is 15.9. The monoisotopic (exact) mass is 381 g/mol. The summed E-state index contributed by atoms with van der Waals surface area (Å²) in [5.74, 6) is -1.54. The number of ketones is 1. The largest absolute Gasteiger partial charge is 0.508 e. The van der Waals surface area contributed by atoms with Crippen molar-refractivity contribution in [3.8, 4) is 5.75 Å². The lowest BCUT2D eigenvalue weighted by Gasteiger charge is -2.25. The molecule has 1 heterocycles. The number of phenolic OH excluding ortho intramolecular Hbond substituents is 1. The molecule has 0 aliphatic carbocycles. The van der Waals surface area contributed by atoms with E-state index >= 15 is 0 Å². The number of methoxy groups -OCH3 is 1. The molecule has 0 saturated carbocycles. The summed E-state index contributed by atoms with van der Waals surface area (Å²) in [6.45, 7) is 2.49. The molecule has 0 radical (unpaired) electrons. The molecule has 1 aliphatic heterocycles. The maximum atomic E-state index is 12.8. The van der Waals surface area contributed by atoms with Crippen LogP contribution in [0.1, 0.15) is 29.7 Å². The Morgan fingerprint density at radius 1 is 1.07 bits per heavy atom. The molecule has 1 amide bonds. The van der Waals surface area contributed by atoms with Crippen molar-refractivity contribution in [1.82, 2.24) is 4.90 Å². The minimum atomic E-state index is -0.749. The molecule has 1 atom stereocenters. The highest BCUT2D eigenvalue weighted by Gasteiger charge is 2.45. The Kier molecular flexibility index (Phi) is 5.80. The van der Waals surface area contributed by atoms with Gasteiger partial charge in [-0.25, -0.2) is 0 Å². The SMILES string of the molecule is CCc1ccc(/C(O)=C2/C(=O)C(=O)N(CCOC)C2c2ccc(O)cc2)cc1. The van der Waals surface area contributed by atoms with Crippen LogP contribution in [0.4, 0.5) is 0 Å². The summed E-state index contributed by atoms with van der Waals surface area (Å²) in [7, 11) is 1.52. The van der Waals surface area contributed by atoms with Gasteiger partial charge in [0.2, 0.25) is 0 Å². The number of hydrogen-bond acceptors (Lipinski definition) is 5. The first-order valence-corrected chi connectivity index (χ1v) is 9.13. The van der Waals surface area contributed by atoms with Gasteiger partial charge in [-0.05, 0) is 29.7 Å². The molecule has 146 valence electrons. The molecular weight excluding hydrogens is 358 g/mol. The number of carbonyl (C=O) groups excluding carboxylic acids is 2. The Balaban J connectivity index is 2.12. The van der Waals surface area contributed by atoms with Gasteiger partial charge in [0.05, 0.1) is 18.2 Å². The maximum Gasteiger partial charge on any atom is 0.295 e. The van der Waals surface area contributed by atoms with Crippen LogP contribution in [0, 0.1) is 0 Å². The number of phenols is 1. The normalized spacial score (nSPS) is 18.6. The fraction of sp³-hybridized carbons (Fsp3) is 0.273. The summed E-state index contributed by atoms with van der Waals surface area (Å²) in [6, 6.07) is 12.7. The quantitative estimate of drug-likeness (QED) is 0.456. The van der Waals surface area contributed by atoms with Gasteiger partial charge in [-0.2, -0.15) is 0 Å². The van der Waals surface area contributed by atoms with Gasteiger partial charge in [0.1, 0.15) is 11.5 Å². The molecule has 0 bridgehead atoms. The second-order valence-electron chi connectivity index (χ2n) is 6.63. The average Bonchev–Trinajstić information content (AvgIpc) is 2.97. The number of amides is 1. The van der Waals surface area contributed by atoms with Crippen LogP contribution in [0.25, 0.3) is 5.76 Å². The van der Waals surface area contributed by atoms with E-state index in [4.69, 9.17) is 4.74 Å². The van der Waals surface area contributed by atoms with E-state index in [0.717, 1.165) is 12.0 Å². The van der Waals surface area contributed by atoms with Gasteiger partial charge in [0.25, 0.3) is 11.7 Å². The van der Waals surface area contributed by atoms with Crippen molar-refractivity contribution < 1.29 is 24.5 Å². The minimum absolute atomic E-state index is 0.0380. The second-order valence-corrected chi connectivity index (χ2v) is 6.63. The molecule has 28 heavy (non-hydrogen) atoms. The Labute approximate surface area is 163 Å². The van der Waals surface area contributed by atoms with Gasteiger partial charge >= 0.3 is 0 Å². The van der Waals surface area contributed by atoms with Crippen LogP contribution in [-0.2, 0) is 20.7 Å². The third kappa shape index (κ3) is 3.64. The molecule has 1 aliphatic rings. The molecular formula is C22H23NO5. The summed E-state index contributed by atoms with van der Waals surface area (Å²) in [5, 5.41) is 20.5. The molecule has 1 fully saturated rings. The number of carbonyl (C=O) groups is 2. The van der Waals surface area contributed by atoms with Crippen LogP contribution in [-0.4, -0.2) is 47.1 Å². The first kappa shape index (κ1) is 19.6. The molecule has 2 N–H and O–H groups in total. The van der Waals surface area contributed by atoms with Crippen LogP contribution in [0.3, 0.4) is 0 Å². The number of aliphatic hydroxyl groups excluding tert-OH is 1. The predicted octanol–water partition coefficient (Wildman–Crippen LogP) is 3.02. The van der Waals surface area contributed by atoms with E-state index in [1.165, 1.54) is 24.1 Å². The van der Waals surface area contributed by atoms with Crippen molar-refractivity contribution in [2.24, 2.45) is 0 Å². The number of aliphatic hydroxyl groups is 1. The van der Waals surface area contributed by atoms with E-state index in [1.807, 2.05) is 19.1 Å². The number of hydrogen-bond donors (Lipinski definition) is 2. The Morgan fingerprint density at radius 3 is 2.29 bits per heavy atom. The van der Waals surface area contributed by atoms with Crippen LogP contribution < -0.4 is 0 Å². The number of likely N-dealkylation sites (tertiary alicyclic amines) is 1. The first-order valence-electron chi connectivity index (χ1n) is 9.13. The minimum Gasteiger partial charge on any atom is -0.508 e. The van der Waals surface area contributed by atoms with E-state index in [1.54, 1.807) is 24.3 Å². The van der Waals surface area contributed by atoms with Crippen LogP contribution in [0.2, 0.25) is 0 Å². The van der Waals surface area contributed by atoms with Crippen LogP contribution in [0.5, 0.6) is 5.75 Å². The molecule has 0 spiro atoms. The van der Waals surface area contributed by atoms with Crippen molar-refractivity contribution in [2.45, 2.75) is 19.4 Å². The summed E-state index contributed by atoms with van der Waals surface area (Å²) < 4.78 is 5.07. The number of aromatic hydroxyl groups is 1. The summed E-state index contributed by atoms with van der Waals surface area (Å²) in [5.41, 5.74) is 2.24. The highest BCUT2D eigenvalue weighted by Crippen LogP contribution is 2.39. The molecule has 6 heteroatoms. The third-order valence-electron chi connectivity index (χ3n) is 4.92. The Morgan fingerprint density at radius 2 is 1.71 bits per heavy atom. The smallest absolute Gasteiger partial charge is 0.295 e. The molecule has 3 rings (SSSR count). The Bertz CT molecular complexity index is 900. The van der Waals surface area contributed by atoms with Crippen molar-refractivity contribution in [3.63, 3.8) is 0 Å². The van der Waals surface area contributed by atoms with Gasteiger partial charge < -0.3 is 19.8 Å². The standard InChI is InChI=1S/C22H23NO5/c1-3-14-4-6-16(7-5-14)20(25)18-19(15-8-10-17(24)11-9-15)23(12-13-28-2)22(27)21(18)26/h4-11,19,24-25H,3,12-13H2,1-2H3/b20-18-. The summed E-state index contributed by atoms with van der Waals surface area (Å²) in [4.78, 5) is 26.8. The van der Waals surface area contributed by atoms with Crippen molar-refractivity contribution in [2.75, 3.05) is 20.3 Å². The highest BCUT2D eigenvalue weighted by atomic mass is 16.5. The van der Waals surface area contributed by atoms with Gasteiger partial charge in [-0.15, -0.1) is 0 Å². The molecule has 2 aromatic rings.